The fourth-order valence-electron chi connectivity index (χ4n) is 4.89. The summed E-state index contributed by atoms with van der Waals surface area (Å²) < 4.78 is 11.0. The van der Waals surface area contributed by atoms with Crippen LogP contribution in [-0.2, 0) is 14.9 Å². The standard InChI is InChI=1S/C31H45N3O4/c1-22(2)34(29(35)24-14-13-23(3)28(17-24)38-16-10-15-37-6)21-26-19-32-18-25(26)20-33-30(36)31(4,5)27-11-8-7-9-12-27/h7-9,11-14,17,22,25-26,32H,10,15-16,18-21H2,1-6H3,(H,33,36)/t25-,26-/m0/s1. The molecule has 1 fully saturated rings. The molecule has 2 aromatic rings. The number of amides is 2. The molecule has 0 aromatic heterocycles. The number of hydrogen-bond donors (Lipinski definition) is 2. The van der Waals surface area contributed by atoms with Crippen molar-refractivity contribution in [1.29, 1.82) is 0 Å². The van der Waals surface area contributed by atoms with Gasteiger partial charge in [0.05, 0.1) is 12.0 Å². The van der Waals surface area contributed by atoms with Gasteiger partial charge in [-0.05, 0) is 69.7 Å². The molecule has 1 heterocycles. The molecule has 7 nitrogen and oxygen atoms in total. The molecule has 0 saturated carbocycles. The molecular weight excluding hydrogens is 478 g/mol. The van der Waals surface area contributed by atoms with Gasteiger partial charge in [-0.1, -0.05) is 36.4 Å². The zero-order chi connectivity index (χ0) is 27.7. The summed E-state index contributed by atoms with van der Waals surface area (Å²) in [6.07, 6.45) is 0.793. The maximum Gasteiger partial charge on any atom is 0.254 e. The Bertz CT molecular complexity index is 1050. The second-order valence-corrected chi connectivity index (χ2v) is 11.1. The van der Waals surface area contributed by atoms with Crippen LogP contribution >= 0.6 is 0 Å². The Labute approximate surface area is 228 Å². The molecule has 3 rings (SSSR count). The Hall–Kier alpha value is -2.90. The summed E-state index contributed by atoms with van der Waals surface area (Å²) in [5.74, 6) is 1.25. The maximum absolute atomic E-state index is 13.6. The van der Waals surface area contributed by atoms with E-state index in [1.54, 1.807) is 7.11 Å². The van der Waals surface area contributed by atoms with Gasteiger partial charge in [-0.2, -0.15) is 0 Å². The first-order valence-electron chi connectivity index (χ1n) is 13.7. The van der Waals surface area contributed by atoms with Crippen molar-refractivity contribution < 1.29 is 19.1 Å². The molecule has 1 saturated heterocycles. The highest BCUT2D eigenvalue weighted by molar-refractivity contribution is 5.95. The van der Waals surface area contributed by atoms with E-state index in [1.807, 2.05) is 74.2 Å². The highest BCUT2D eigenvalue weighted by atomic mass is 16.5. The van der Waals surface area contributed by atoms with E-state index in [0.717, 1.165) is 36.4 Å². The number of rotatable bonds is 13. The summed E-state index contributed by atoms with van der Waals surface area (Å²) in [4.78, 5) is 28.7. The third kappa shape index (κ3) is 7.58. The fourth-order valence-corrected chi connectivity index (χ4v) is 4.89. The Morgan fingerprint density at radius 3 is 2.47 bits per heavy atom. The van der Waals surface area contributed by atoms with Gasteiger partial charge in [0, 0.05) is 57.9 Å². The van der Waals surface area contributed by atoms with E-state index in [1.165, 1.54) is 0 Å². The number of carbonyl (C=O) groups excluding carboxylic acids is 2. The molecule has 2 N–H and O–H groups in total. The van der Waals surface area contributed by atoms with Gasteiger partial charge in [0.2, 0.25) is 5.91 Å². The Kier molecular flexibility index (Phi) is 10.7. The second kappa shape index (κ2) is 13.8. The van der Waals surface area contributed by atoms with Gasteiger partial charge in [-0.3, -0.25) is 9.59 Å². The number of carbonyl (C=O) groups is 2. The molecule has 7 heteroatoms. The number of nitrogens with zero attached hydrogens (tertiary/aromatic N) is 1. The summed E-state index contributed by atoms with van der Waals surface area (Å²) in [7, 11) is 1.68. The molecule has 2 amide bonds. The van der Waals surface area contributed by atoms with Crippen LogP contribution in [0.15, 0.2) is 48.5 Å². The topological polar surface area (TPSA) is 79.9 Å². The molecule has 1 aliphatic heterocycles. The van der Waals surface area contributed by atoms with Crippen LogP contribution in [0.3, 0.4) is 0 Å². The summed E-state index contributed by atoms with van der Waals surface area (Å²) in [6.45, 7) is 14.0. The monoisotopic (exact) mass is 523 g/mol. The predicted molar refractivity (Wildman–Crippen MR) is 152 cm³/mol. The van der Waals surface area contributed by atoms with E-state index in [2.05, 4.69) is 24.5 Å². The number of hydrogen-bond acceptors (Lipinski definition) is 5. The van der Waals surface area contributed by atoms with Gasteiger partial charge in [0.15, 0.2) is 0 Å². The fraction of sp³-hybridized carbons (Fsp3) is 0.548. The zero-order valence-electron chi connectivity index (χ0n) is 23.9. The van der Waals surface area contributed by atoms with E-state index in [9.17, 15) is 9.59 Å². The van der Waals surface area contributed by atoms with Crippen LogP contribution in [-0.4, -0.2) is 69.3 Å². The van der Waals surface area contributed by atoms with Gasteiger partial charge >= 0.3 is 0 Å². The SMILES string of the molecule is COCCCOc1cc(C(=O)N(C[C@@H]2CNC[C@H]2CNC(=O)C(C)(C)c2ccccc2)C(C)C)ccc1C. The van der Waals surface area contributed by atoms with Crippen molar-refractivity contribution in [3.05, 3.63) is 65.2 Å². The van der Waals surface area contributed by atoms with Gasteiger partial charge < -0.3 is 25.0 Å². The van der Waals surface area contributed by atoms with Crippen LogP contribution in [0.2, 0.25) is 0 Å². The first-order chi connectivity index (χ1) is 18.1. The number of nitrogens with one attached hydrogen (secondary N) is 2. The van der Waals surface area contributed by atoms with E-state index in [-0.39, 0.29) is 29.7 Å². The molecule has 2 atom stereocenters. The quantitative estimate of drug-likeness (QED) is 0.385. The lowest BCUT2D eigenvalue weighted by atomic mass is 9.83. The smallest absolute Gasteiger partial charge is 0.254 e. The average Bonchev–Trinajstić information content (AvgIpc) is 3.36. The highest BCUT2D eigenvalue weighted by Crippen LogP contribution is 2.26. The normalized spacial score (nSPS) is 17.4. The van der Waals surface area contributed by atoms with Crippen LogP contribution in [0.5, 0.6) is 5.75 Å². The minimum absolute atomic E-state index is 0.00152. The molecule has 208 valence electrons. The van der Waals surface area contributed by atoms with Gasteiger partial charge in [-0.25, -0.2) is 0 Å². The first-order valence-corrected chi connectivity index (χ1v) is 13.7. The van der Waals surface area contributed by atoms with Crippen LogP contribution in [0, 0.1) is 18.8 Å². The van der Waals surface area contributed by atoms with Crippen molar-refractivity contribution in [2.24, 2.45) is 11.8 Å². The third-order valence-electron chi connectivity index (χ3n) is 7.57. The molecule has 0 aliphatic carbocycles. The van der Waals surface area contributed by atoms with Gasteiger partial charge in [0.1, 0.15) is 5.75 Å². The summed E-state index contributed by atoms with van der Waals surface area (Å²) in [6, 6.07) is 15.6. The van der Waals surface area contributed by atoms with Crippen molar-refractivity contribution in [1.82, 2.24) is 15.5 Å². The second-order valence-electron chi connectivity index (χ2n) is 11.1. The third-order valence-corrected chi connectivity index (χ3v) is 7.57. The van der Waals surface area contributed by atoms with Crippen molar-refractivity contribution in [3.8, 4) is 5.75 Å². The summed E-state index contributed by atoms with van der Waals surface area (Å²) >= 11 is 0. The van der Waals surface area contributed by atoms with Crippen molar-refractivity contribution in [2.75, 3.05) is 46.5 Å². The van der Waals surface area contributed by atoms with Crippen LogP contribution in [0.25, 0.3) is 0 Å². The number of benzene rings is 2. The van der Waals surface area contributed by atoms with Crippen molar-refractivity contribution in [2.45, 2.75) is 52.5 Å². The van der Waals surface area contributed by atoms with Crippen LogP contribution in [0.4, 0.5) is 0 Å². The molecule has 2 aromatic carbocycles. The average molecular weight is 524 g/mol. The zero-order valence-corrected chi connectivity index (χ0v) is 23.9. The van der Waals surface area contributed by atoms with E-state index < -0.39 is 5.41 Å². The first kappa shape index (κ1) is 29.7. The minimum atomic E-state index is -0.614. The number of methoxy groups -OCH3 is 1. The number of ether oxygens (including phenoxy) is 2. The summed E-state index contributed by atoms with van der Waals surface area (Å²) in [5.41, 5.74) is 2.02. The van der Waals surface area contributed by atoms with E-state index in [0.29, 0.717) is 31.9 Å². The molecule has 0 radical (unpaired) electrons. The van der Waals surface area contributed by atoms with E-state index in [4.69, 9.17) is 9.47 Å². The predicted octanol–water partition coefficient (Wildman–Crippen LogP) is 4.19. The summed E-state index contributed by atoms with van der Waals surface area (Å²) in [5, 5.41) is 6.66. The Morgan fingerprint density at radius 1 is 1.08 bits per heavy atom. The molecule has 0 spiro atoms. The molecular formula is C31H45N3O4. The van der Waals surface area contributed by atoms with Gasteiger partial charge in [0.25, 0.3) is 5.91 Å². The molecule has 0 unspecified atom stereocenters. The van der Waals surface area contributed by atoms with Gasteiger partial charge in [-0.15, -0.1) is 0 Å². The lowest BCUT2D eigenvalue weighted by Gasteiger charge is -2.32. The minimum Gasteiger partial charge on any atom is -0.493 e. The molecule has 38 heavy (non-hydrogen) atoms. The molecule has 0 bridgehead atoms. The lowest BCUT2D eigenvalue weighted by Crippen LogP contribution is -2.46. The molecule has 1 aliphatic rings. The Balaban J connectivity index is 1.64. The van der Waals surface area contributed by atoms with E-state index >= 15 is 0 Å². The lowest BCUT2D eigenvalue weighted by molar-refractivity contribution is -0.125. The van der Waals surface area contributed by atoms with Crippen LogP contribution in [0.1, 0.15) is 55.6 Å². The Morgan fingerprint density at radius 2 is 1.79 bits per heavy atom. The largest absolute Gasteiger partial charge is 0.493 e. The van der Waals surface area contributed by atoms with Crippen molar-refractivity contribution >= 4 is 11.8 Å². The highest BCUT2D eigenvalue weighted by Gasteiger charge is 2.34. The number of aryl methyl sites for hydroxylation is 1. The van der Waals surface area contributed by atoms with Crippen LogP contribution < -0.4 is 15.4 Å². The maximum atomic E-state index is 13.6. The van der Waals surface area contributed by atoms with Crippen molar-refractivity contribution in [3.63, 3.8) is 0 Å².